The Morgan fingerprint density at radius 2 is 1.13 bits per heavy atom. The van der Waals surface area contributed by atoms with Crippen LogP contribution in [0.3, 0.4) is 0 Å². The number of likely N-dealkylation sites (N-methyl/N-ethyl adjacent to an activating group) is 1. The molecule has 0 saturated heterocycles. The number of nitrogens with one attached hydrogen (secondary N) is 1. The van der Waals surface area contributed by atoms with Crippen molar-refractivity contribution in [2.24, 2.45) is 0 Å². The normalized spacial score (nSPS) is 15.0. The third kappa shape index (κ3) is 36.8. The Hall–Kier alpha value is -1.54. The Bertz CT molecular complexity index is 991. The number of unbranched alkanes of at least 4 members (excludes halogenated alkanes) is 19. The molecule has 1 amide bonds. The van der Waals surface area contributed by atoms with Crippen LogP contribution in [0.1, 0.15) is 168 Å². The quantitative estimate of drug-likeness (QED) is 0.0215. The molecule has 0 fully saturated rings. The number of aliphatic hydroxyl groups is 1. The zero-order chi connectivity index (χ0) is 38.6. The maximum absolute atomic E-state index is 12.8. The second kappa shape index (κ2) is 35.2. The number of nitrogens with zero attached hydrogens (tertiary/aromatic N) is 1. The Balaban J connectivity index is 4.56. The van der Waals surface area contributed by atoms with Gasteiger partial charge in [0.1, 0.15) is 13.2 Å². The molecular weight excluding hydrogens is 671 g/mol. The molecule has 9 heteroatoms. The molecule has 0 bridgehead atoms. The Morgan fingerprint density at radius 3 is 1.71 bits per heavy atom. The summed E-state index contributed by atoms with van der Waals surface area (Å²) in [6, 6.07) is -0.908. The summed E-state index contributed by atoms with van der Waals surface area (Å²) >= 11 is 0. The van der Waals surface area contributed by atoms with Crippen LogP contribution in [0.5, 0.6) is 0 Å². The lowest BCUT2D eigenvalue weighted by molar-refractivity contribution is -0.870. The van der Waals surface area contributed by atoms with E-state index in [-0.39, 0.29) is 12.5 Å². The van der Waals surface area contributed by atoms with Crippen molar-refractivity contribution in [1.82, 2.24) is 5.32 Å². The lowest BCUT2D eigenvalue weighted by atomic mass is 10.1. The molecule has 8 nitrogen and oxygen atoms in total. The van der Waals surface area contributed by atoms with E-state index in [0.29, 0.717) is 17.4 Å². The largest absolute Gasteiger partial charge is 0.756 e. The summed E-state index contributed by atoms with van der Waals surface area (Å²) in [5, 5.41) is 13.7. The predicted octanol–water partition coefficient (Wildman–Crippen LogP) is 10.7. The van der Waals surface area contributed by atoms with Crippen LogP contribution in [0.25, 0.3) is 0 Å². The average Bonchev–Trinajstić information content (AvgIpc) is 3.09. The van der Waals surface area contributed by atoms with Crippen LogP contribution in [-0.2, 0) is 18.4 Å². The van der Waals surface area contributed by atoms with E-state index in [1.54, 1.807) is 6.08 Å². The van der Waals surface area contributed by atoms with E-state index >= 15 is 0 Å². The van der Waals surface area contributed by atoms with Gasteiger partial charge in [-0.1, -0.05) is 152 Å². The van der Waals surface area contributed by atoms with Crippen LogP contribution in [0.2, 0.25) is 0 Å². The van der Waals surface area contributed by atoms with Gasteiger partial charge in [-0.25, -0.2) is 0 Å². The molecule has 0 rings (SSSR count). The van der Waals surface area contributed by atoms with E-state index in [2.05, 4.69) is 55.6 Å². The highest BCUT2D eigenvalue weighted by Gasteiger charge is 2.23. The van der Waals surface area contributed by atoms with E-state index in [1.165, 1.54) is 89.9 Å². The van der Waals surface area contributed by atoms with Gasteiger partial charge >= 0.3 is 0 Å². The second-order valence-corrected chi connectivity index (χ2v) is 16.8. The molecule has 0 spiro atoms. The van der Waals surface area contributed by atoms with Gasteiger partial charge in [-0.3, -0.25) is 9.36 Å². The summed E-state index contributed by atoms with van der Waals surface area (Å²) in [6.07, 6.45) is 42.9. The molecule has 0 aromatic heterocycles. The number of aliphatic hydroxyl groups excluding tert-OH is 1. The number of carbonyl (C=O) groups excluding carboxylic acids is 1. The highest BCUT2D eigenvalue weighted by atomic mass is 31.2. The van der Waals surface area contributed by atoms with E-state index < -0.39 is 26.6 Å². The fraction of sp³-hybridized carbons (Fsp3) is 0.791. The van der Waals surface area contributed by atoms with Crippen molar-refractivity contribution in [2.45, 2.75) is 180 Å². The van der Waals surface area contributed by atoms with Crippen molar-refractivity contribution in [1.29, 1.82) is 0 Å². The van der Waals surface area contributed by atoms with Crippen molar-refractivity contribution in [2.75, 3.05) is 40.9 Å². The molecule has 0 aliphatic carbocycles. The van der Waals surface area contributed by atoms with Crippen LogP contribution in [-0.4, -0.2) is 68.5 Å². The SMILES string of the molecule is CCCCC/C=C\C=C/CCCCCCCCC(=O)NC(COP(=O)([O-])OCC[N+](C)(C)C)C(O)/C=C/CC/C=C/CCCCCCCCCCC. The van der Waals surface area contributed by atoms with Gasteiger partial charge in [0.2, 0.25) is 5.91 Å². The summed E-state index contributed by atoms with van der Waals surface area (Å²) in [6.45, 7) is 4.56. The van der Waals surface area contributed by atoms with Crippen molar-refractivity contribution in [3.8, 4) is 0 Å². The highest BCUT2D eigenvalue weighted by Crippen LogP contribution is 2.38. The second-order valence-electron chi connectivity index (χ2n) is 15.4. The fourth-order valence-corrected chi connectivity index (χ4v) is 6.35. The minimum absolute atomic E-state index is 0.0103. The monoisotopic (exact) mass is 753 g/mol. The van der Waals surface area contributed by atoms with Crippen molar-refractivity contribution >= 4 is 13.7 Å². The van der Waals surface area contributed by atoms with E-state index in [1.807, 2.05) is 27.2 Å². The molecule has 0 saturated carbocycles. The molecule has 304 valence electrons. The molecule has 0 aliphatic rings. The number of allylic oxidation sites excluding steroid dienone is 7. The molecular formula is C43H81N2O6P. The third-order valence-electron chi connectivity index (χ3n) is 9.04. The number of rotatable bonds is 37. The smallest absolute Gasteiger partial charge is 0.268 e. The lowest BCUT2D eigenvalue weighted by Crippen LogP contribution is -2.45. The van der Waals surface area contributed by atoms with E-state index in [0.717, 1.165) is 57.8 Å². The molecule has 0 aliphatic heterocycles. The lowest BCUT2D eigenvalue weighted by Gasteiger charge is -2.29. The van der Waals surface area contributed by atoms with Gasteiger partial charge in [0.25, 0.3) is 7.82 Å². The molecule has 3 unspecified atom stereocenters. The molecule has 0 aromatic rings. The Labute approximate surface area is 320 Å². The zero-order valence-corrected chi connectivity index (χ0v) is 35.1. The van der Waals surface area contributed by atoms with Gasteiger partial charge in [0, 0.05) is 6.42 Å². The number of phosphoric ester groups is 1. The number of amides is 1. The summed E-state index contributed by atoms with van der Waals surface area (Å²) in [4.78, 5) is 25.2. The van der Waals surface area contributed by atoms with Crippen molar-refractivity contribution < 1.29 is 32.9 Å². The number of phosphoric acid groups is 1. The van der Waals surface area contributed by atoms with E-state index in [9.17, 15) is 19.4 Å². The van der Waals surface area contributed by atoms with Crippen LogP contribution in [0.4, 0.5) is 0 Å². The molecule has 52 heavy (non-hydrogen) atoms. The number of hydrogen-bond donors (Lipinski definition) is 2. The Kier molecular flexibility index (Phi) is 34.1. The minimum Gasteiger partial charge on any atom is -0.756 e. The summed E-state index contributed by atoms with van der Waals surface area (Å²) < 4.78 is 23.1. The van der Waals surface area contributed by atoms with Crippen LogP contribution < -0.4 is 10.2 Å². The molecule has 0 radical (unpaired) electrons. The molecule has 2 N–H and O–H groups in total. The minimum atomic E-state index is -4.60. The van der Waals surface area contributed by atoms with Crippen molar-refractivity contribution in [3.05, 3.63) is 48.6 Å². The number of hydrogen-bond acceptors (Lipinski definition) is 6. The van der Waals surface area contributed by atoms with Gasteiger partial charge in [0.05, 0.1) is 39.9 Å². The standard InChI is InChI=1S/C43H81N2O6P/c1-6-8-10-12-14-16-18-20-22-24-26-28-30-32-34-36-42(46)41(40-51-52(48,49)50-39-38-45(3,4)5)44-43(47)37-35-33-31-29-27-25-23-21-19-17-15-13-11-9-7-2/h15,17,19,21,26,28,34,36,41-42,46H,6-14,16,18,20,22-25,27,29-33,35,37-40H2,1-5H3,(H-,44,47,48,49)/b17-15-,21-19-,28-26+,36-34+. The highest BCUT2D eigenvalue weighted by molar-refractivity contribution is 7.45. The predicted molar refractivity (Wildman–Crippen MR) is 219 cm³/mol. The first-order valence-electron chi connectivity index (χ1n) is 21.0. The number of quaternary nitrogens is 1. The Morgan fingerprint density at radius 1 is 0.673 bits per heavy atom. The first-order valence-corrected chi connectivity index (χ1v) is 22.5. The topological polar surface area (TPSA) is 108 Å². The van der Waals surface area contributed by atoms with Crippen LogP contribution in [0, 0.1) is 0 Å². The van der Waals surface area contributed by atoms with Gasteiger partial charge in [-0.05, 0) is 57.8 Å². The summed E-state index contributed by atoms with van der Waals surface area (Å²) in [5.41, 5.74) is 0. The van der Waals surface area contributed by atoms with Gasteiger partial charge in [-0.2, -0.15) is 0 Å². The van der Waals surface area contributed by atoms with Gasteiger partial charge in [-0.15, -0.1) is 0 Å². The third-order valence-corrected chi connectivity index (χ3v) is 10.0. The molecule has 0 heterocycles. The first-order chi connectivity index (χ1) is 25.0. The number of carbonyl (C=O) groups is 1. The summed E-state index contributed by atoms with van der Waals surface area (Å²) in [7, 11) is 1.23. The van der Waals surface area contributed by atoms with Crippen LogP contribution in [0.15, 0.2) is 48.6 Å². The maximum atomic E-state index is 12.8. The van der Waals surface area contributed by atoms with Gasteiger partial charge < -0.3 is 28.8 Å². The molecule has 3 atom stereocenters. The van der Waals surface area contributed by atoms with Crippen LogP contribution >= 0.6 is 7.82 Å². The fourth-order valence-electron chi connectivity index (χ4n) is 5.63. The maximum Gasteiger partial charge on any atom is 0.268 e. The first kappa shape index (κ1) is 50.5. The summed E-state index contributed by atoms with van der Waals surface area (Å²) in [5.74, 6) is -0.222. The van der Waals surface area contributed by atoms with Crippen molar-refractivity contribution in [3.63, 3.8) is 0 Å². The zero-order valence-electron chi connectivity index (χ0n) is 34.2. The van der Waals surface area contributed by atoms with E-state index in [4.69, 9.17) is 9.05 Å². The van der Waals surface area contributed by atoms with Gasteiger partial charge in [0.15, 0.2) is 0 Å². The average molecular weight is 753 g/mol. The molecule has 0 aromatic carbocycles.